The molecule has 130 valence electrons. The number of rotatable bonds is 3. The molecule has 1 fully saturated rings. The highest BCUT2D eigenvalue weighted by molar-refractivity contribution is 9.10. The molecule has 1 aliphatic rings. The fraction of sp³-hybridized carbons (Fsp3) is 0.278. The minimum atomic E-state index is -3.55. The second kappa shape index (κ2) is 6.79. The topological polar surface area (TPSA) is 50.3 Å². The third-order valence-corrected chi connectivity index (χ3v) is 7.99. The van der Waals surface area contributed by atoms with Crippen molar-refractivity contribution in [2.75, 3.05) is 6.54 Å². The maximum Gasteiger partial charge on any atom is 0.243 e. The van der Waals surface area contributed by atoms with Gasteiger partial charge in [0.25, 0.3) is 0 Å². The summed E-state index contributed by atoms with van der Waals surface area (Å²) in [7, 11) is -3.55. The highest BCUT2D eigenvalue weighted by Gasteiger charge is 2.36. The molecule has 1 atom stereocenters. The van der Waals surface area contributed by atoms with Crippen molar-refractivity contribution in [1.29, 1.82) is 0 Å². The van der Waals surface area contributed by atoms with Gasteiger partial charge in [0.05, 0.1) is 21.2 Å². The van der Waals surface area contributed by atoms with Gasteiger partial charge in [-0.15, -0.1) is 11.3 Å². The first kappa shape index (κ1) is 17.1. The molecule has 0 N–H and O–H groups in total. The Bertz CT molecular complexity index is 984. The number of benzene rings is 2. The fourth-order valence-electron chi connectivity index (χ4n) is 3.23. The molecule has 1 aromatic heterocycles. The standard InChI is InChI=1S/C18H17BrN2O2S2/c19-13-6-5-7-14(12-13)25(22,23)21-11-4-3-9-16(21)18-20-15-8-1-2-10-17(15)24-18/h1-2,5-8,10,12,16H,3-4,9,11H2. The van der Waals surface area contributed by atoms with Gasteiger partial charge in [-0.05, 0) is 43.2 Å². The van der Waals surface area contributed by atoms with Crippen LogP contribution in [0.1, 0.15) is 30.3 Å². The SMILES string of the molecule is O=S(=O)(c1cccc(Br)c1)N1CCCCC1c1nc2ccccc2s1. The van der Waals surface area contributed by atoms with Gasteiger partial charge >= 0.3 is 0 Å². The summed E-state index contributed by atoms with van der Waals surface area (Å²) in [5, 5.41) is 0.888. The predicted molar refractivity (Wildman–Crippen MR) is 104 cm³/mol. The maximum absolute atomic E-state index is 13.2. The van der Waals surface area contributed by atoms with Crippen molar-refractivity contribution in [3.8, 4) is 0 Å². The van der Waals surface area contributed by atoms with Crippen LogP contribution in [0.25, 0.3) is 10.2 Å². The predicted octanol–water partition coefficient (Wildman–Crippen LogP) is 4.97. The first-order valence-electron chi connectivity index (χ1n) is 8.18. The van der Waals surface area contributed by atoms with Crippen LogP contribution in [0, 0.1) is 0 Å². The number of hydrogen-bond donors (Lipinski definition) is 0. The molecular weight excluding hydrogens is 420 g/mol. The molecule has 0 radical (unpaired) electrons. The number of thiazole rings is 1. The average molecular weight is 437 g/mol. The van der Waals surface area contributed by atoms with Crippen molar-refractivity contribution in [3.63, 3.8) is 0 Å². The van der Waals surface area contributed by atoms with E-state index in [0.29, 0.717) is 11.4 Å². The molecule has 0 saturated carbocycles. The number of aromatic nitrogens is 1. The Morgan fingerprint density at radius 1 is 1.12 bits per heavy atom. The van der Waals surface area contributed by atoms with Crippen molar-refractivity contribution in [1.82, 2.24) is 9.29 Å². The molecule has 0 spiro atoms. The lowest BCUT2D eigenvalue weighted by atomic mass is 10.1. The van der Waals surface area contributed by atoms with Gasteiger partial charge in [-0.2, -0.15) is 4.31 Å². The molecule has 2 heterocycles. The lowest BCUT2D eigenvalue weighted by Crippen LogP contribution is -2.38. The van der Waals surface area contributed by atoms with Crippen molar-refractivity contribution < 1.29 is 8.42 Å². The van der Waals surface area contributed by atoms with Gasteiger partial charge in [-0.1, -0.05) is 40.5 Å². The van der Waals surface area contributed by atoms with Crippen molar-refractivity contribution in [2.24, 2.45) is 0 Å². The zero-order valence-corrected chi connectivity index (χ0v) is 16.6. The van der Waals surface area contributed by atoms with E-state index in [0.717, 1.165) is 39.0 Å². The van der Waals surface area contributed by atoms with E-state index in [1.165, 1.54) is 0 Å². The molecule has 4 rings (SSSR count). The van der Waals surface area contributed by atoms with Crippen molar-refractivity contribution in [3.05, 3.63) is 58.0 Å². The largest absolute Gasteiger partial charge is 0.243 e. The molecule has 4 nitrogen and oxygen atoms in total. The summed E-state index contributed by atoms with van der Waals surface area (Å²) in [6.45, 7) is 0.537. The second-order valence-electron chi connectivity index (χ2n) is 6.10. The normalized spacial score (nSPS) is 19.3. The van der Waals surface area contributed by atoms with Gasteiger partial charge < -0.3 is 0 Å². The fourth-order valence-corrected chi connectivity index (χ4v) is 6.67. The monoisotopic (exact) mass is 436 g/mol. The first-order valence-corrected chi connectivity index (χ1v) is 11.2. The van der Waals surface area contributed by atoms with Crippen LogP contribution in [0.3, 0.4) is 0 Å². The highest BCUT2D eigenvalue weighted by Crippen LogP contribution is 2.38. The Kier molecular flexibility index (Phi) is 4.66. The minimum Gasteiger partial charge on any atom is -0.239 e. The smallest absolute Gasteiger partial charge is 0.239 e. The molecule has 1 aliphatic heterocycles. The van der Waals surface area contributed by atoms with Crippen molar-refractivity contribution in [2.45, 2.75) is 30.2 Å². The van der Waals surface area contributed by atoms with Gasteiger partial charge in [0.1, 0.15) is 5.01 Å². The molecule has 7 heteroatoms. The molecule has 1 unspecified atom stereocenters. The molecule has 2 aromatic carbocycles. The lowest BCUT2D eigenvalue weighted by molar-refractivity contribution is 0.255. The first-order chi connectivity index (χ1) is 12.1. The highest BCUT2D eigenvalue weighted by atomic mass is 79.9. The minimum absolute atomic E-state index is 0.185. The molecule has 25 heavy (non-hydrogen) atoms. The maximum atomic E-state index is 13.2. The summed E-state index contributed by atoms with van der Waals surface area (Å²) in [6, 6.07) is 14.7. The van der Waals surface area contributed by atoms with E-state index < -0.39 is 10.0 Å². The Morgan fingerprint density at radius 2 is 1.96 bits per heavy atom. The summed E-state index contributed by atoms with van der Waals surface area (Å²) < 4.78 is 29.9. The molecular formula is C18H17BrN2O2S2. The average Bonchev–Trinajstić information content (AvgIpc) is 3.06. The van der Waals surface area contributed by atoms with E-state index in [-0.39, 0.29) is 6.04 Å². The zero-order chi connectivity index (χ0) is 17.4. The molecule has 3 aromatic rings. The number of piperidine rings is 1. The summed E-state index contributed by atoms with van der Waals surface area (Å²) in [5.74, 6) is 0. The van der Waals surface area contributed by atoms with Crippen LogP contribution in [-0.2, 0) is 10.0 Å². The van der Waals surface area contributed by atoms with Gasteiger partial charge in [-0.3, -0.25) is 0 Å². The van der Waals surface area contributed by atoms with E-state index in [1.807, 2.05) is 30.3 Å². The van der Waals surface area contributed by atoms with E-state index >= 15 is 0 Å². The van der Waals surface area contributed by atoms with E-state index in [2.05, 4.69) is 15.9 Å². The van der Waals surface area contributed by atoms with Crippen LogP contribution >= 0.6 is 27.3 Å². The third kappa shape index (κ3) is 3.26. The molecule has 1 saturated heterocycles. The number of nitrogens with zero attached hydrogens (tertiary/aromatic N) is 2. The Labute approximate surface area is 159 Å². The summed E-state index contributed by atoms with van der Waals surface area (Å²) >= 11 is 4.96. The number of fused-ring (bicyclic) bond motifs is 1. The van der Waals surface area contributed by atoms with E-state index in [9.17, 15) is 8.42 Å². The number of sulfonamides is 1. The van der Waals surface area contributed by atoms with Gasteiger partial charge in [0.15, 0.2) is 0 Å². The van der Waals surface area contributed by atoms with Gasteiger partial charge in [0, 0.05) is 11.0 Å². The molecule has 0 aliphatic carbocycles. The van der Waals surface area contributed by atoms with Crippen LogP contribution in [-0.4, -0.2) is 24.3 Å². The zero-order valence-electron chi connectivity index (χ0n) is 13.4. The Hall–Kier alpha value is -1.28. The van der Waals surface area contributed by atoms with Crippen LogP contribution in [0.2, 0.25) is 0 Å². The summed E-state index contributed by atoms with van der Waals surface area (Å²) in [5.41, 5.74) is 0.938. The second-order valence-corrected chi connectivity index (χ2v) is 9.97. The van der Waals surface area contributed by atoms with Gasteiger partial charge in [0.2, 0.25) is 10.0 Å². The molecule has 0 bridgehead atoms. The lowest BCUT2D eigenvalue weighted by Gasteiger charge is -2.33. The van der Waals surface area contributed by atoms with E-state index in [4.69, 9.17) is 4.98 Å². The quantitative estimate of drug-likeness (QED) is 0.581. The Morgan fingerprint density at radius 3 is 2.76 bits per heavy atom. The summed E-state index contributed by atoms with van der Waals surface area (Å²) in [6.07, 6.45) is 2.72. The van der Waals surface area contributed by atoms with Crippen molar-refractivity contribution >= 4 is 47.5 Å². The Balaban J connectivity index is 1.76. The van der Waals surface area contributed by atoms with Crippen LogP contribution in [0.15, 0.2) is 57.9 Å². The third-order valence-electron chi connectivity index (χ3n) is 4.45. The van der Waals surface area contributed by atoms with E-state index in [1.54, 1.807) is 33.8 Å². The summed E-state index contributed by atoms with van der Waals surface area (Å²) in [4.78, 5) is 5.04. The number of para-hydroxylation sites is 1. The van der Waals surface area contributed by atoms with Crippen LogP contribution in [0.4, 0.5) is 0 Å². The number of halogens is 1. The van der Waals surface area contributed by atoms with Crippen LogP contribution < -0.4 is 0 Å². The molecule has 0 amide bonds. The van der Waals surface area contributed by atoms with Crippen LogP contribution in [0.5, 0.6) is 0 Å². The number of hydrogen-bond acceptors (Lipinski definition) is 4. The van der Waals surface area contributed by atoms with Gasteiger partial charge in [-0.25, -0.2) is 13.4 Å².